The van der Waals surface area contributed by atoms with Gasteiger partial charge in [-0.2, -0.15) is 0 Å². The largest absolute Gasteiger partial charge is 0.345 e. The molecule has 1 amide bonds. The quantitative estimate of drug-likeness (QED) is 0.801. The van der Waals surface area contributed by atoms with Gasteiger partial charge in [0.25, 0.3) is 0 Å². The van der Waals surface area contributed by atoms with E-state index in [1.54, 1.807) is 36.2 Å². The van der Waals surface area contributed by atoms with Crippen molar-refractivity contribution in [2.75, 3.05) is 19.8 Å². The van der Waals surface area contributed by atoms with Gasteiger partial charge in [0.15, 0.2) is 9.84 Å². The van der Waals surface area contributed by atoms with Crippen molar-refractivity contribution in [2.24, 2.45) is 0 Å². The maximum atomic E-state index is 11.9. The molecule has 0 atom stereocenters. The number of unbranched alkanes of at least 4 members (excludes halogenated alkanes) is 1. The van der Waals surface area contributed by atoms with Gasteiger partial charge in [-0.3, -0.25) is 4.79 Å². The number of amides is 1. The Kier molecular flexibility index (Phi) is 5.54. The normalized spacial score (nSPS) is 11.3. The molecule has 0 saturated carbocycles. The van der Waals surface area contributed by atoms with E-state index in [1.165, 1.54) is 6.26 Å². The summed E-state index contributed by atoms with van der Waals surface area (Å²) in [5, 5.41) is 0. The van der Waals surface area contributed by atoms with E-state index in [4.69, 9.17) is 0 Å². The second-order valence-electron chi connectivity index (χ2n) is 4.76. The van der Waals surface area contributed by atoms with Crippen LogP contribution in [0.3, 0.4) is 0 Å². The van der Waals surface area contributed by atoms with Gasteiger partial charge in [-0.05, 0) is 24.1 Å². The number of carbonyl (C=O) groups is 1. The molecule has 19 heavy (non-hydrogen) atoms. The molecule has 1 aromatic rings. The Labute approximate surface area is 115 Å². The lowest BCUT2D eigenvalue weighted by atomic mass is 10.1. The summed E-state index contributed by atoms with van der Waals surface area (Å²) in [5.74, 6) is 0.0561. The van der Waals surface area contributed by atoms with Crippen molar-refractivity contribution in [2.45, 2.75) is 31.1 Å². The lowest BCUT2D eigenvalue weighted by Crippen LogP contribution is -2.29. The number of hydrogen-bond acceptors (Lipinski definition) is 3. The van der Waals surface area contributed by atoms with Crippen LogP contribution in [0.5, 0.6) is 0 Å². The molecule has 0 saturated heterocycles. The molecular formula is C14H21NO3S. The van der Waals surface area contributed by atoms with Crippen LogP contribution in [0.4, 0.5) is 0 Å². The summed E-state index contributed by atoms with van der Waals surface area (Å²) in [4.78, 5) is 13.9. The van der Waals surface area contributed by atoms with Gasteiger partial charge in [0.1, 0.15) is 0 Å². The van der Waals surface area contributed by atoms with E-state index in [2.05, 4.69) is 6.92 Å². The fraction of sp³-hybridized carbons (Fsp3) is 0.500. The maximum Gasteiger partial charge on any atom is 0.226 e. The van der Waals surface area contributed by atoms with Crippen LogP contribution < -0.4 is 0 Å². The number of carbonyl (C=O) groups excluding carboxylic acids is 1. The zero-order chi connectivity index (χ0) is 14.5. The molecule has 0 aliphatic heterocycles. The number of rotatable bonds is 6. The summed E-state index contributed by atoms with van der Waals surface area (Å²) < 4.78 is 22.6. The number of nitrogens with zero attached hydrogens (tertiary/aromatic N) is 1. The minimum atomic E-state index is -3.17. The lowest BCUT2D eigenvalue weighted by Gasteiger charge is -2.16. The number of hydrogen-bond donors (Lipinski definition) is 0. The van der Waals surface area contributed by atoms with Crippen LogP contribution in [0.1, 0.15) is 25.3 Å². The standard InChI is InChI=1S/C14H21NO3S/c1-4-5-10-15(2)14(16)11-12-6-8-13(9-7-12)19(3,17)18/h6-9H,4-5,10-11H2,1-3H3. The van der Waals surface area contributed by atoms with Crippen LogP contribution in [-0.4, -0.2) is 39.1 Å². The zero-order valence-electron chi connectivity index (χ0n) is 11.7. The predicted molar refractivity (Wildman–Crippen MR) is 75.8 cm³/mol. The summed E-state index contributed by atoms with van der Waals surface area (Å²) in [7, 11) is -1.38. The molecule has 106 valence electrons. The molecule has 0 unspecified atom stereocenters. The monoisotopic (exact) mass is 283 g/mol. The van der Waals surface area contributed by atoms with E-state index in [9.17, 15) is 13.2 Å². The van der Waals surface area contributed by atoms with Gasteiger partial charge < -0.3 is 4.90 Å². The summed E-state index contributed by atoms with van der Waals surface area (Å²) >= 11 is 0. The molecule has 1 aromatic carbocycles. The molecule has 0 fully saturated rings. The Morgan fingerprint density at radius 1 is 1.21 bits per heavy atom. The highest BCUT2D eigenvalue weighted by molar-refractivity contribution is 7.90. The second kappa shape index (κ2) is 6.70. The minimum absolute atomic E-state index is 0.0561. The topological polar surface area (TPSA) is 54.5 Å². The first-order valence-electron chi connectivity index (χ1n) is 6.37. The molecule has 0 heterocycles. The van der Waals surface area contributed by atoms with E-state index in [0.29, 0.717) is 6.42 Å². The Bertz CT molecular complexity index is 520. The van der Waals surface area contributed by atoms with Crippen molar-refractivity contribution in [3.8, 4) is 0 Å². The zero-order valence-corrected chi connectivity index (χ0v) is 12.5. The third-order valence-corrected chi connectivity index (χ3v) is 4.11. The lowest BCUT2D eigenvalue weighted by molar-refractivity contribution is -0.129. The van der Waals surface area contributed by atoms with Crippen molar-refractivity contribution < 1.29 is 13.2 Å². The molecular weight excluding hydrogens is 262 g/mol. The number of benzene rings is 1. The van der Waals surface area contributed by atoms with Gasteiger partial charge in [0.05, 0.1) is 11.3 Å². The molecule has 0 aliphatic carbocycles. The molecule has 0 N–H and O–H groups in total. The van der Waals surface area contributed by atoms with Gasteiger partial charge >= 0.3 is 0 Å². The van der Waals surface area contributed by atoms with Crippen LogP contribution in [0.2, 0.25) is 0 Å². The van der Waals surface area contributed by atoms with Gasteiger partial charge in [-0.25, -0.2) is 8.42 Å². The van der Waals surface area contributed by atoms with Crippen LogP contribution in [-0.2, 0) is 21.1 Å². The van der Waals surface area contributed by atoms with Crippen molar-refractivity contribution in [1.82, 2.24) is 4.90 Å². The van der Waals surface area contributed by atoms with Crippen molar-refractivity contribution in [3.63, 3.8) is 0 Å². The molecule has 4 nitrogen and oxygen atoms in total. The van der Waals surface area contributed by atoms with E-state index in [-0.39, 0.29) is 10.8 Å². The molecule has 0 radical (unpaired) electrons. The first-order chi connectivity index (χ1) is 8.84. The molecule has 0 aliphatic rings. The molecule has 0 bridgehead atoms. The van der Waals surface area contributed by atoms with Crippen LogP contribution in [0.15, 0.2) is 29.2 Å². The minimum Gasteiger partial charge on any atom is -0.345 e. The van der Waals surface area contributed by atoms with E-state index >= 15 is 0 Å². The Hall–Kier alpha value is -1.36. The number of likely N-dealkylation sites (N-methyl/N-ethyl adjacent to an activating group) is 1. The average Bonchev–Trinajstić information content (AvgIpc) is 2.35. The second-order valence-corrected chi connectivity index (χ2v) is 6.78. The van der Waals surface area contributed by atoms with Gasteiger partial charge in [-0.1, -0.05) is 25.5 Å². The molecule has 5 heteroatoms. The third-order valence-electron chi connectivity index (χ3n) is 2.98. The van der Waals surface area contributed by atoms with Gasteiger partial charge in [0.2, 0.25) is 5.91 Å². The van der Waals surface area contributed by atoms with E-state index < -0.39 is 9.84 Å². The van der Waals surface area contributed by atoms with Crippen LogP contribution >= 0.6 is 0 Å². The van der Waals surface area contributed by atoms with E-state index in [1.807, 2.05) is 0 Å². The van der Waals surface area contributed by atoms with Crippen molar-refractivity contribution in [1.29, 1.82) is 0 Å². The van der Waals surface area contributed by atoms with E-state index in [0.717, 1.165) is 24.9 Å². The van der Waals surface area contributed by atoms with Crippen LogP contribution in [0.25, 0.3) is 0 Å². The summed E-state index contributed by atoms with van der Waals surface area (Å²) in [6.07, 6.45) is 3.53. The van der Waals surface area contributed by atoms with Gasteiger partial charge in [0, 0.05) is 19.8 Å². The molecule has 1 rings (SSSR count). The van der Waals surface area contributed by atoms with Crippen molar-refractivity contribution >= 4 is 15.7 Å². The highest BCUT2D eigenvalue weighted by atomic mass is 32.2. The Morgan fingerprint density at radius 2 is 1.79 bits per heavy atom. The SMILES string of the molecule is CCCCN(C)C(=O)Cc1ccc(S(C)(=O)=O)cc1. The van der Waals surface area contributed by atoms with Gasteiger partial charge in [-0.15, -0.1) is 0 Å². The fourth-order valence-electron chi connectivity index (χ4n) is 1.68. The molecule has 0 spiro atoms. The first-order valence-corrected chi connectivity index (χ1v) is 8.26. The smallest absolute Gasteiger partial charge is 0.226 e. The average molecular weight is 283 g/mol. The summed E-state index contributed by atoms with van der Waals surface area (Å²) in [5.41, 5.74) is 0.834. The molecule has 0 aromatic heterocycles. The number of sulfone groups is 1. The first kappa shape index (κ1) is 15.7. The Morgan fingerprint density at radius 3 is 2.26 bits per heavy atom. The summed E-state index contributed by atoms with van der Waals surface area (Å²) in [6.45, 7) is 2.85. The fourth-order valence-corrected chi connectivity index (χ4v) is 2.31. The highest BCUT2D eigenvalue weighted by Crippen LogP contribution is 2.11. The maximum absolute atomic E-state index is 11.9. The Balaban J connectivity index is 2.65. The van der Waals surface area contributed by atoms with Crippen molar-refractivity contribution in [3.05, 3.63) is 29.8 Å². The highest BCUT2D eigenvalue weighted by Gasteiger charge is 2.10. The summed E-state index contributed by atoms with van der Waals surface area (Å²) in [6, 6.07) is 6.48. The third kappa shape index (κ3) is 5.03. The van der Waals surface area contributed by atoms with Crippen LogP contribution in [0, 0.1) is 0 Å². The predicted octanol–water partition coefficient (Wildman–Crippen LogP) is 1.89.